The van der Waals surface area contributed by atoms with E-state index in [1.807, 2.05) is 24.3 Å². The number of benzene rings is 2. The van der Waals surface area contributed by atoms with Crippen LogP contribution in [0, 0.1) is 0 Å². The maximum absolute atomic E-state index is 12.2. The average Bonchev–Trinajstić information content (AvgIpc) is 2.88. The Morgan fingerprint density at radius 1 is 0.676 bits per heavy atom. The van der Waals surface area contributed by atoms with Gasteiger partial charge in [-0.1, -0.05) is 47.1 Å². The van der Waals surface area contributed by atoms with Gasteiger partial charge < -0.3 is 30.2 Å². The van der Waals surface area contributed by atoms with Crippen LogP contribution in [-0.4, -0.2) is 94.6 Å². The molecule has 0 saturated carbocycles. The Bertz CT molecular complexity index is 1010. The molecule has 0 radical (unpaired) electrons. The van der Waals surface area contributed by atoms with Gasteiger partial charge in [0.05, 0.1) is 36.5 Å². The van der Waals surface area contributed by atoms with E-state index in [4.69, 9.17) is 43.6 Å². The molecule has 0 aliphatic carbocycles. The lowest BCUT2D eigenvalue weighted by molar-refractivity contribution is -0.127. The maximum Gasteiger partial charge on any atom is 0.246 e. The molecule has 0 aliphatic heterocycles. The standard InChI is InChI=1S/C26H30Cl2N2O6S/c27-21-17-19(3-7-25(35)29(9-13-31)10-14-32)1-5-23(21)37-24-6-2-20(18-22(24)28)4-8-26(36)30(11-15-33)12-16-34/h1-8,17-18,31-34H,9-16H2/b7-3+,8-4+. The van der Waals surface area contributed by atoms with Crippen molar-refractivity contribution in [3.05, 3.63) is 69.7 Å². The Hall–Kier alpha value is -2.37. The predicted octanol–water partition coefficient (Wildman–Crippen LogP) is 2.80. The van der Waals surface area contributed by atoms with Gasteiger partial charge in [-0.3, -0.25) is 9.59 Å². The van der Waals surface area contributed by atoms with Crippen molar-refractivity contribution in [2.45, 2.75) is 9.79 Å². The zero-order valence-corrected chi connectivity index (χ0v) is 22.4. The van der Waals surface area contributed by atoms with Crippen LogP contribution < -0.4 is 0 Å². The normalized spacial score (nSPS) is 11.4. The monoisotopic (exact) mass is 568 g/mol. The summed E-state index contributed by atoms with van der Waals surface area (Å²) >= 11 is 14.3. The van der Waals surface area contributed by atoms with E-state index in [1.54, 1.807) is 24.3 Å². The van der Waals surface area contributed by atoms with Crippen LogP contribution >= 0.6 is 35.0 Å². The van der Waals surface area contributed by atoms with E-state index in [1.165, 1.54) is 33.7 Å². The minimum atomic E-state index is -0.324. The van der Waals surface area contributed by atoms with E-state index in [2.05, 4.69) is 0 Å². The highest BCUT2D eigenvalue weighted by atomic mass is 35.5. The molecule has 0 atom stereocenters. The molecule has 200 valence electrons. The summed E-state index contributed by atoms with van der Waals surface area (Å²) in [7, 11) is 0. The van der Waals surface area contributed by atoms with Crippen molar-refractivity contribution in [1.82, 2.24) is 9.80 Å². The second-order valence-corrected chi connectivity index (χ2v) is 9.59. The number of aliphatic hydroxyl groups is 4. The Balaban J connectivity index is 2.07. The van der Waals surface area contributed by atoms with Crippen LogP contribution in [0.25, 0.3) is 12.2 Å². The number of hydrogen-bond donors (Lipinski definition) is 4. The quantitative estimate of drug-likeness (QED) is 0.258. The van der Waals surface area contributed by atoms with Crippen LogP contribution in [0.15, 0.2) is 58.3 Å². The lowest BCUT2D eigenvalue weighted by Crippen LogP contribution is -2.34. The first-order valence-electron chi connectivity index (χ1n) is 11.5. The van der Waals surface area contributed by atoms with E-state index < -0.39 is 0 Å². The summed E-state index contributed by atoms with van der Waals surface area (Å²) in [6.07, 6.45) is 5.96. The van der Waals surface area contributed by atoms with Crippen molar-refractivity contribution in [3.63, 3.8) is 0 Å². The Morgan fingerprint density at radius 2 is 1.03 bits per heavy atom. The molecule has 0 fully saturated rings. The van der Waals surface area contributed by atoms with Gasteiger partial charge in [0.1, 0.15) is 0 Å². The molecule has 4 N–H and O–H groups in total. The molecule has 0 unspecified atom stereocenters. The zero-order chi connectivity index (χ0) is 27.2. The lowest BCUT2D eigenvalue weighted by atomic mass is 10.2. The first-order chi connectivity index (χ1) is 17.8. The molecule has 8 nitrogen and oxygen atoms in total. The molecule has 0 spiro atoms. The topological polar surface area (TPSA) is 122 Å². The van der Waals surface area contributed by atoms with Gasteiger partial charge >= 0.3 is 0 Å². The van der Waals surface area contributed by atoms with Gasteiger partial charge in [-0.25, -0.2) is 0 Å². The van der Waals surface area contributed by atoms with Gasteiger partial charge in [0.15, 0.2) is 0 Å². The summed E-state index contributed by atoms with van der Waals surface area (Å²) < 4.78 is 0. The number of rotatable bonds is 14. The molecule has 0 saturated heterocycles. The minimum Gasteiger partial charge on any atom is -0.395 e. The summed E-state index contributed by atoms with van der Waals surface area (Å²) in [6.45, 7) is -0.219. The number of carbonyl (C=O) groups is 2. The summed E-state index contributed by atoms with van der Waals surface area (Å²) in [4.78, 5) is 28.7. The third-order valence-electron chi connectivity index (χ3n) is 5.07. The third-order valence-corrected chi connectivity index (χ3v) is 7.07. The van der Waals surface area contributed by atoms with Crippen molar-refractivity contribution >= 4 is 58.9 Å². The molecule has 37 heavy (non-hydrogen) atoms. The fraction of sp³-hybridized carbons (Fsp3) is 0.308. The van der Waals surface area contributed by atoms with Gasteiger partial charge in [0, 0.05) is 48.1 Å². The molecule has 2 amide bonds. The number of nitrogens with zero attached hydrogens (tertiary/aromatic N) is 2. The Kier molecular flexibility index (Phi) is 13.7. The Labute approximate surface area is 230 Å². The van der Waals surface area contributed by atoms with Crippen molar-refractivity contribution in [1.29, 1.82) is 0 Å². The molecular formula is C26H30Cl2N2O6S. The smallest absolute Gasteiger partial charge is 0.246 e. The van der Waals surface area contributed by atoms with Crippen LogP contribution in [0.5, 0.6) is 0 Å². The lowest BCUT2D eigenvalue weighted by Gasteiger charge is -2.18. The maximum atomic E-state index is 12.2. The van der Waals surface area contributed by atoms with Crippen LogP contribution in [0.1, 0.15) is 11.1 Å². The number of halogens is 2. The fourth-order valence-electron chi connectivity index (χ4n) is 3.22. The van der Waals surface area contributed by atoms with Crippen molar-refractivity contribution in [2.24, 2.45) is 0 Å². The third kappa shape index (κ3) is 10.1. The van der Waals surface area contributed by atoms with Crippen LogP contribution in [0.4, 0.5) is 0 Å². The molecule has 2 aromatic carbocycles. The highest BCUT2D eigenvalue weighted by Crippen LogP contribution is 2.38. The summed E-state index contributed by atoms with van der Waals surface area (Å²) in [5.41, 5.74) is 1.42. The molecule has 2 rings (SSSR count). The average molecular weight is 570 g/mol. The van der Waals surface area contributed by atoms with E-state index in [9.17, 15) is 9.59 Å². The van der Waals surface area contributed by atoms with Gasteiger partial charge in [-0.05, 0) is 47.5 Å². The van der Waals surface area contributed by atoms with E-state index in [0.717, 1.165) is 9.79 Å². The first kappa shape index (κ1) is 30.9. The van der Waals surface area contributed by atoms with Gasteiger partial charge in [0.2, 0.25) is 11.8 Å². The van der Waals surface area contributed by atoms with E-state index >= 15 is 0 Å². The minimum absolute atomic E-state index is 0.136. The zero-order valence-electron chi connectivity index (χ0n) is 20.1. The second kappa shape index (κ2) is 16.5. The molecule has 0 bridgehead atoms. The number of amides is 2. The molecule has 0 aliphatic rings. The van der Waals surface area contributed by atoms with E-state index in [0.29, 0.717) is 21.2 Å². The van der Waals surface area contributed by atoms with E-state index in [-0.39, 0.29) is 64.4 Å². The van der Waals surface area contributed by atoms with Crippen LogP contribution in [0.3, 0.4) is 0 Å². The van der Waals surface area contributed by atoms with Crippen molar-refractivity contribution in [2.75, 3.05) is 52.6 Å². The van der Waals surface area contributed by atoms with Crippen LogP contribution in [0.2, 0.25) is 10.0 Å². The summed E-state index contributed by atoms with van der Waals surface area (Å²) in [5.74, 6) is -0.649. The largest absolute Gasteiger partial charge is 0.395 e. The van der Waals surface area contributed by atoms with Gasteiger partial charge in [-0.2, -0.15) is 0 Å². The van der Waals surface area contributed by atoms with Crippen molar-refractivity contribution < 1.29 is 30.0 Å². The summed E-state index contributed by atoms with van der Waals surface area (Å²) in [5, 5.41) is 37.2. The highest BCUT2D eigenvalue weighted by molar-refractivity contribution is 7.99. The molecule has 2 aromatic rings. The second-order valence-electron chi connectivity index (χ2n) is 7.69. The first-order valence-corrected chi connectivity index (χ1v) is 13.0. The number of hydrogen-bond acceptors (Lipinski definition) is 7. The number of carbonyl (C=O) groups excluding carboxylic acids is 2. The van der Waals surface area contributed by atoms with Crippen molar-refractivity contribution in [3.8, 4) is 0 Å². The fourth-order valence-corrected chi connectivity index (χ4v) is 4.65. The predicted molar refractivity (Wildman–Crippen MR) is 147 cm³/mol. The molecule has 0 aromatic heterocycles. The molecular weight excluding hydrogens is 539 g/mol. The van der Waals surface area contributed by atoms with Gasteiger partial charge in [0.25, 0.3) is 0 Å². The highest BCUT2D eigenvalue weighted by Gasteiger charge is 2.11. The van der Waals surface area contributed by atoms with Crippen LogP contribution in [-0.2, 0) is 9.59 Å². The molecule has 11 heteroatoms. The Morgan fingerprint density at radius 3 is 1.32 bits per heavy atom. The molecule has 0 heterocycles. The SMILES string of the molecule is O=C(/C=C/c1ccc(Sc2ccc(/C=C/C(=O)N(CCO)CCO)cc2Cl)c(Cl)c1)N(CCO)CCO. The number of aliphatic hydroxyl groups excluding tert-OH is 4. The summed E-state index contributed by atoms with van der Waals surface area (Å²) in [6, 6.07) is 10.7. The van der Waals surface area contributed by atoms with Gasteiger partial charge in [-0.15, -0.1) is 0 Å².